The standard InChI is InChI=1S/C12H15NO3/c1-8(13-12(14)15)10-7-6-9-4-2-3-5-11(9)16-10/h2-5,8,10,13H,6-7H2,1H3,(H,14,15). The highest BCUT2D eigenvalue weighted by Crippen LogP contribution is 2.28. The number of amides is 1. The van der Waals surface area contributed by atoms with Crippen LogP contribution in [-0.2, 0) is 6.42 Å². The van der Waals surface area contributed by atoms with Gasteiger partial charge in [0.2, 0.25) is 0 Å². The molecule has 1 aliphatic heterocycles. The molecule has 1 heterocycles. The molecule has 2 unspecified atom stereocenters. The van der Waals surface area contributed by atoms with Gasteiger partial charge in [0.25, 0.3) is 0 Å². The molecule has 1 aliphatic rings. The fourth-order valence-corrected chi connectivity index (χ4v) is 1.98. The molecule has 1 amide bonds. The summed E-state index contributed by atoms with van der Waals surface area (Å²) in [6, 6.07) is 7.69. The summed E-state index contributed by atoms with van der Waals surface area (Å²) in [4.78, 5) is 10.5. The van der Waals surface area contributed by atoms with Gasteiger partial charge in [0.1, 0.15) is 11.9 Å². The summed E-state index contributed by atoms with van der Waals surface area (Å²) < 4.78 is 5.77. The van der Waals surface area contributed by atoms with E-state index in [0.29, 0.717) is 0 Å². The van der Waals surface area contributed by atoms with Crippen LogP contribution in [0.1, 0.15) is 18.9 Å². The van der Waals surface area contributed by atoms with Gasteiger partial charge in [-0.25, -0.2) is 4.79 Å². The van der Waals surface area contributed by atoms with Crippen molar-refractivity contribution in [2.45, 2.75) is 31.9 Å². The molecule has 0 bridgehead atoms. The van der Waals surface area contributed by atoms with Crippen molar-refractivity contribution in [3.05, 3.63) is 29.8 Å². The van der Waals surface area contributed by atoms with Gasteiger partial charge < -0.3 is 15.2 Å². The Bertz CT molecular complexity index is 392. The van der Waals surface area contributed by atoms with Crippen LogP contribution in [0.4, 0.5) is 4.79 Å². The summed E-state index contributed by atoms with van der Waals surface area (Å²) >= 11 is 0. The molecule has 1 aromatic carbocycles. The van der Waals surface area contributed by atoms with Crippen LogP contribution < -0.4 is 10.1 Å². The zero-order chi connectivity index (χ0) is 11.5. The Morgan fingerprint density at radius 2 is 2.31 bits per heavy atom. The van der Waals surface area contributed by atoms with Gasteiger partial charge in [-0.2, -0.15) is 0 Å². The van der Waals surface area contributed by atoms with E-state index in [1.165, 1.54) is 5.56 Å². The molecular formula is C12H15NO3. The van der Waals surface area contributed by atoms with Gasteiger partial charge >= 0.3 is 6.09 Å². The minimum atomic E-state index is -1.00. The van der Waals surface area contributed by atoms with Gasteiger partial charge in [-0.15, -0.1) is 0 Å². The molecule has 0 aliphatic carbocycles. The SMILES string of the molecule is CC(NC(=O)O)C1CCc2ccccc2O1. The number of rotatable bonds is 2. The summed E-state index contributed by atoms with van der Waals surface area (Å²) in [5.74, 6) is 0.873. The number of fused-ring (bicyclic) bond motifs is 1. The number of nitrogens with one attached hydrogen (secondary N) is 1. The molecule has 16 heavy (non-hydrogen) atoms. The lowest BCUT2D eigenvalue weighted by atomic mass is 9.99. The fraction of sp³-hybridized carbons (Fsp3) is 0.417. The Kier molecular flexibility index (Phi) is 2.99. The quantitative estimate of drug-likeness (QED) is 0.803. The number of para-hydroxylation sites is 1. The summed E-state index contributed by atoms with van der Waals surface area (Å²) in [7, 11) is 0. The van der Waals surface area contributed by atoms with E-state index in [9.17, 15) is 4.79 Å². The Hall–Kier alpha value is -1.71. The van der Waals surface area contributed by atoms with E-state index in [1.54, 1.807) is 0 Å². The van der Waals surface area contributed by atoms with Gasteiger partial charge in [-0.3, -0.25) is 0 Å². The van der Waals surface area contributed by atoms with Gasteiger partial charge in [-0.05, 0) is 31.4 Å². The number of hydrogen-bond acceptors (Lipinski definition) is 2. The predicted octanol–water partition coefficient (Wildman–Crippen LogP) is 2.04. The average molecular weight is 221 g/mol. The summed E-state index contributed by atoms with van der Waals surface area (Å²) in [5.41, 5.74) is 1.20. The van der Waals surface area contributed by atoms with E-state index < -0.39 is 6.09 Å². The van der Waals surface area contributed by atoms with Crippen LogP contribution >= 0.6 is 0 Å². The zero-order valence-electron chi connectivity index (χ0n) is 9.14. The lowest BCUT2D eigenvalue weighted by Crippen LogP contribution is -2.44. The molecule has 0 spiro atoms. The van der Waals surface area contributed by atoms with Gasteiger partial charge in [-0.1, -0.05) is 18.2 Å². The minimum absolute atomic E-state index is 0.0778. The largest absolute Gasteiger partial charge is 0.488 e. The molecule has 2 rings (SSSR count). The Morgan fingerprint density at radius 1 is 1.56 bits per heavy atom. The average Bonchev–Trinajstić information content (AvgIpc) is 2.27. The van der Waals surface area contributed by atoms with Crippen molar-refractivity contribution in [2.75, 3.05) is 0 Å². The van der Waals surface area contributed by atoms with E-state index in [2.05, 4.69) is 5.32 Å². The van der Waals surface area contributed by atoms with Crippen molar-refractivity contribution in [1.29, 1.82) is 0 Å². The highest BCUT2D eigenvalue weighted by molar-refractivity contribution is 5.64. The first-order valence-electron chi connectivity index (χ1n) is 5.41. The Balaban J connectivity index is 2.05. The second-order valence-corrected chi connectivity index (χ2v) is 4.04. The van der Waals surface area contributed by atoms with Crippen molar-refractivity contribution in [1.82, 2.24) is 5.32 Å². The molecule has 0 saturated carbocycles. The van der Waals surface area contributed by atoms with Crippen molar-refractivity contribution in [3.63, 3.8) is 0 Å². The number of benzene rings is 1. The summed E-state index contributed by atoms with van der Waals surface area (Å²) in [5, 5.41) is 11.1. The predicted molar refractivity (Wildman–Crippen MR) is 59.8 cm³/mol. The number of hydrogen-bond donors (Lipinski definition) is 2. The molecule has 1 aromatic rings. The monoisotopic (exact) mass is 221 g/mol. The lowest BCUT2D eigenvalue weighted by molar-refractivity contribution is 0.127. The molecular weight excluding hydrogens is 206 g/mol. The zero-order valence-corrected chi connectivity index (χ0v) is 9.14. The van der Waals surface area contributed by atoms with Crippen molar-refractivity contribution in [2.24, 2.45) is 0 Å². The van der Waals surface area contributed by atoms with Crippen molar-refractivity contribution >= 4 is 6.09 Å². The second kappa shape index (κ2) is 4.43. The maximum Gasteiger partial charge on any atom is 0.404 e. The molecule has 2 N–H and O–H groups in total. The van der Waals surface area contributed by atoms with E-state index in [1.807, 2.05) is 31.2 Å². The molecule has 0 radical (unpaired) electrons. The number of carboxylic acid groups (broad SMARTS) is 1. The van der Waals surface area contributed by atoms with Crippen LogP contribution in [-0.4, -0.2) is 23.3 Å². The van der Waals surface area contributed by atoms with Crippen molar-refractivity contribution in [3.8, 4) is 5.75 Å². The number of carbonyl (C=O) groups is 1. The molecule has 0 fully saturated rings. The molecule has 0 saturated heterocycles. The van der Waals surface area contributed by atoms with Crippen LogP contribution in [0.15, 0.2) is 24.3 Å². The van der Waals surface area contributed by atoms with Gasteiger partial charge in [0, 0.05) is 0 Å². The smallest absolute Gasteiger partial charge is 0.404 e. The Labute approximate surface area is 94.2 Å². The van der Waals surface area contributed by atoms with E-state index >= 15 is 0 Å². The van der Waals surface area contributed by atoms with E-state index in [-0.39, 0.29) is 12.1 Å². The van der Waals surface area contributed by atoms with Crippen molar-refractivity contribution < 1.29 is 14.6 Å². The van der Waals surface area contributed by atoms with Crippen LogP contribution in [0.25, 0.3) is 0 Å². The minimum Gasteiger partial charge on any atom is -0.488 e. The van der Waals surface area contributed by atoms with Crippen LogP contribution in [0.5, 0.6) is 5.75 Å². The third-order valence-electron chi connectivity index (χ3n) is 2.86. The number of ether oxygens (including phenoxy) is 1. The summed E-state index contributed by atoms with van der Waals surface area (Å²) in [6.45, 7) is 1.83. The van der Waals surface area contributed by atoms with Gasteiger partial charge in [0.05, 0.1) is 6.04 Å². The van der Waals surface area contributed by atoms with E-state index in [4.69, 9.17) is 9.84 Å². The highest BCUT2D eigenvalue weighted by Gasteiger charge is 2.25. The maximum atomic E-state index is 10.5. The fourth-order valence-electron chi connectivity index (χ4n) is 1.98. The lowest BCUT2D eigenvalue weighted by Gasteiger charge is -2.30. The summed E-state index contributed by atoms with van der Waals surface area (Å²) in [6.07, 6.45) is 0.700. The third kappa shape index (κ3) is 2.27. The molecule has 86 valence electrons. The Morgan fingerprint density at radius 3 is 3.06 bits per heavy atom. The van der Waals surface area contributed by atoms with E-state index in [0.717, 1.165) is 18.6 Å². The number of aryl methyl sites for hydroxylation is 1. The molecule has 4 heteroatoms. The highest BCUT2D eigenvalue weighted by atomic mass is 16.5. The van der Waals surface area contributed by atoms with Crippen LogP contribution in [0, 0.1) is 0 Å². The first-order valence-corrected chi connectivity index (χ1v) is 5.41. The molecule has 2 atom stereocenters. The van der Waals surface area contributed by atoms with Crippen LogP contribution in [0.2, 0.25) is 0 Å². The normalized spacial score (nSPS) is 20.4. The maximum absolute atomic E-state index is 10.5. The van der Waals surface area contributed by atoms with Gasteiger partial charge in [0.15, 0.2) is 0 Å². The second-order valence-electron chi connectivity index (χ2n) is 4.04. The molecule has 0 aromatic heterocycles. The first kappa shape index (κ1) is 10.8. The first-order chi connectivity index (χ1) is 7.66. The van der Waals surface area contributed by atoms with Crippen LogP contribution in [0.3, 0.4) is 0 Å². The molecule has 4 nitrogen and oxygen atoms in total. The third-order valence-corrected chi connectivity index (χ3v) is 2.86. The topological polar surface area (TPSA) is 58.6 Å².